The van der Waals surface area contributed by atoms with E-state index in [4.69, 9.17) is 0 Å². The third-order valence-corrected chi connectivity index (χ3v) is 3.20. The lowest BCUT2D eigenvalue weighted by Gasteiger charge is -2.03. The van der Waals surface area contributed by atoms with Crippen LogP contribution in [0.3, 0.4) is 0 Å². The second-order valence-electron chi connectivity index (χ2n) is 4.69. The van der Waals surface area contributed by atoms with Crippen LogP contribution in [0, 0.1) is 6.92 Å². The molecule has 0 aliphatic rings. The Morgan fingerprint density at radius 3 is 3.00 bits per heavy atom. The van der Waals surface area contributed by atoms with Gasteiger partial charge in [-0.05, 0) is 44.0 Å². The predicted molar refractivity (Wildman–Crippen MR) is 75.5 cm³/mol. The Balaban J connectivity index is 1.67. The summed E-state index contributed by atoms with van der Waals surface area (Å²) in [6.07, 6.45) is 3.93. The topological polar surface area (TPSA) is 82.8 Å². The number of nitrogens with one attached hydrogen (secondary N) is 3. The van der Waals surface area contributed by atoms with Gasteiger partial charge in [0.2, 0.25) is 0 Å². The molecular weight excluding hydrogens is 256 g/mol. The van der Waals surface area contributed by atoms with E-state index in [9.17, 15) is 4.79 Å². The van der Waals surface area contributed by atoms with Crippen LogP contribution < -0.4 is 5.32 Å². The molecule has 0 spiro atoms. The van der Waals surface area contributed by atoms with E-state index in [1.807, 2.05) is 19.2 Å². The summed E-state index contributed by atoms with van der Waals surface area (Å²) in [6.45, 7) is 3.65. The van der Waals surface area contributed by atoms with Gasteiger partial charge < -0.3 is 15.0 Å². The van der Waals surface area contributed by atoms with E-state index in [1.54, 1.807) is 6.07 Å². The van der Waals surface area contributed by atoms with Crippen molar-refractivity contribution in [1.29, 1.82) is 0 Å². The van der Waals surface area contributed by atoms with Gasteiger partial charge in [-0.15, -0.1) is 0 Å². The van der Waals surface area contributed by atoms with Crippen molar-refractivity contribution in [3.05, 3.63) is 41.0 Å². The van der Waals surface area contributed by atoms with Crippen LogP contribution in [0.4, 0.5) is 0 Å². The fraction of sp³-hybridized carbons (Fsp3) is 0.429. The van der Waals surface area contributed by atoms with Crippen LogP contribution in [-0.2, 0) is 17.7 Å². The van der Waals surface area contributed by atoms with Crippen molar-refractivity contribution >= 4 is 5.97 Å². The zero-order valence-electron chi connectivity index (χ0n) is 11.8. The molecule has 108 valence electrons. The number of ether oxygens (including phenoxy) is 1. The van der Waals surface area contributed by atoms with Gasteiger partial charge in [-0.25, -0.2) is 4.79 Å². The Labute approximate surface area is 117 Å². The first-order valence-corrected chi connectivity index (χ1v) is 6.66. The maximum atomic E-state index is 11.3. The van der Waals surface area contributed by atoms with Crippen molar-refractivity contribution in [1.82, 2.24) is 20.5 Å². The van der Waals surface area contributed by atoms with E-state index in [1.165, 1.54) is 12.7 Å². The van der Waals surface area contributed by atoms with Gasteiger partial charge in [-0.2, -0.15) is 5.10 Å². The summed E-state index contributed by atoms with van der Waals surface area (Å²) < 4.78 is 4.65. The zero-order chi connectivity index (χ0) is 14.4. The number of hydrogen-bond acceptors (Lipinski definition) is 4. The summed E-state index contributed by atoms with van der Waals surface area (Å²) in [6, 6.07) is 3.62. The van der Waals surface area contributed by atoms with Crippen LogP contribution in [0.25, 0.3) is 0 Å². The molecule has 2 heterocycles. The molecular formula is C14H20N4O2. The molecule has 0 aliphatic carbocycles. The number of H-pyrrole nitrogens is 2. The van der Waals surface area contributed by atoms with Gasteiger partial charge in [-0.1, -0.05) is 0 Å². The highest BCUT2D eigenvalue weighted by molar-refractivity contribution is 5.87. The Morgan fingerprint density at radius 1 is 1.45 bits per heavy atom. The van der Waals surface area contributed by atoms with Gasteiger partial charge in [0.1, 0.15) is 5.69 Å². The molecule has 20 heavy (non-hydrogen) atoms. The number of methoxy groups -OCH3 is 1. The SMILES string of the molecule is COC(=O)c1ccc(CNCCCc2cn[nH]c2C)[nH]1. The Kier molecular flexibility index (Phi) is 4.95. The molecule has 2 aromatic heterocycles. The van der Waals surface area contributed by atoms with Gasteiger partial charge in [0.05, 0.1) is 13.3 Å². The second-order valence-corrected chi connectivity index (χ2v) is 4.69. The van der Waals surface area contributed by atoms with Crippen molar-refractivity contribution in [3.8, 4) is 0 Å². The smallest absolute Gasteiger partial charge is 0.354 e. The number of esters is 1. The molecule has 0 fully saturated rings. The minimum atomic E-state index is -0.341. The quantitative estimate of drug-likeness (QED) is 0.529. The number of aromatic amines is 2. The third-order valence-electron chi connectivity index (χ3n) is 3.20. The average Bonchev–Trinajstić information content (AvgIpc) is 3.07. The minimum absolute atomic E-state index is 0.341. The lowest BCUT2D eigenvalue weighted by molar-refractivity contribution is 0.0594. The third kappa shape index (κ3) is 3.71. The molecule has 0 radical (unpaired) electrons. The number of nitrogens with zero attached hydrogens (tertiary/aromatic N) is 1. The Hall–Kier alpha value is -2.08. The largest absolute Gasteiger partial charge is 0.464 e. The van der Waals surface area contributed by atoms with Gasteiger partial charge >= 0.3 is 5.97 Å². The van der Waals surface area contributed by atoms with Crippen LogP contribution in [0.1, 0.15) is 33.9 Å². The van der Waals surface area contributed by atoms with Gasteiger partial charge in [0, 0.05) is 17.9 Å². The summed E-state index contributed by atoms with van der Waals surface area (Å²) in [7, 11) is 1.37. The standard InChI is InChI=1S/C14H20N4O2/c1-10-11(8-16-18-10)4-3-7-15-9-12-5-6-13(17-12)14(19)20-2/h5-6,8,15,17H,3-4,7,9H2,1-2H3,(H,16,18). The molecule has 0 unspecified atom stereocenters. The van der Waals surface area contributed by atoms with Crippen LogP contribution in [-0.4, -0.2) is 34.8 Å². The van der Waals surface area contributed by atoms with E-state index in [-0.39, 0.29) is 5.97 Å². The first-order valence-electron chi connectivity index (χ1n) is 6.66. The summed E-state index contributed by atoms with van der Waals surface area (Å²) >= 11 is 0. The fourth-order valence-corrected chi connectivity index (χ4v) is 2.03. The molecule has 0 bridgehead atoms. The van der Waals surface area contributed by atoms with Crippen molar-refractivity contribution in [2.24, 2.45) is 0 Å². The molecule has 2 aromatic rings. The number of aryl methyl sites for hydroxylation is 2. The lowest BCUT2D eigenvalue weighted by Crippen LogP contribution is -2.15. The highest BCUT2D eigenvalue weighted by atomic mass is 16.5. The lowest BCUT2D eigenvalue weighted by atomic mass is 10.1. The maximum absolute atomic E-state index is 11.3. The first-order chi connectivity index (χ1) is 9.70. The van der Waals surface area contributed by atoms with Gasteiger partial charge in [0.25, 0.3) is 0 Å². The van der Waals surface area contributed by atoms with E-state index < -0.39 is 0 Å². The molecule has 3 N–H and O–H groups in total. The molecule has 0 saturated heterocycles. The molecule has 0 aromatic carbocycles. The molecule has 0 saturated carbocycles. The fourth-order valence-electron chi connectivity index (χ4n) is 2.03. The molecule has 0 amide bonds. The van der Waals surface area contributed by atoms with E-state index >= 15 is 0 Å². The Bertz CT molecular complexity index is 559. The average molecular weight is 276 g/mol. The van der Waals surface area contributed by atoms with E-state index in [0.29, 0.717) is 12.2 Å². The molecule has 6 nitrogen and oxygen atoms in total. The van der Waals surface area contributed by atoms with E-state index in [2.05, 4.69) is 25.2 Å². The summed E-state index contributed by atoms with van der Waals surface area (Å²) in [5.74, 6) is -0.341. The summed E-state index contributed by atoms with van der Waals surface area (Å²) in [5, 5.41) is 10.3. The number of aromatic nitrogens is 3. The van der Waals surface area contributed by atoms with Crippen molar-refractivity contribution in [2.75, 3.05) is 13.7 Å². The van der Waals surface area contributed by atoms with Crippen LogP contribution in [0.5, 0.6) is 0 Å². The van der Waals surface area contributed by atoms with Crippen LogP contribution in [0.15, 0.2) is 18.3 Å². The molecule has 0 aliphatic heterocycles. The first kappa shape index (κ1) is 14.3. The number of hydrogen-bond donors (Lipinski definition) is 3. The van der Waals surface area contributed by atoms with Crippen LogP contribution in [0.2, 0.25) is 0 Å². The maximum Gasteiger partial charge on any atom is 0.354 e. The monoisotopic (exact) mass is 276 g/mol. The summed E-state index contributed by atoms with van der Waals surface area (Å²) in [4.78, 5) is 14.3. The Morgan fingerprint density at radius 2 is 2.30 bits per heavy atom. The number of rotatable bonds is 7. The van der Waals surface area contributed by atoms with Crippen molar-refractivity contribution < 1.29 is 9.53 Å². The van der Waals surface area contributed by atoms with Crippen molar-refractivity contribution in [3.63, 3.8) is 0 Å². The molecule has 0 atom stereocenters. The predicted octanol–water partition coefficient (Wildman–Crippen LogP) is 1.56. The summed E-state index contributed by atoms with van der Waals surface area (Å²) in [5.41, 5.74) is 3.86. The number of carbonyl (C=O) groups is 1. The normalized spacial score (nSPS) is 10.7. The number of carbonyl (C=O) groups excluding carboxylic acids is 1. The van der Waals surface area contributed by atoms with Crippen molar-refractivity contribution in [2.45, 2.75) is 26.3 Å². The van der Waals surface area contributed by atoms with Gasteiger partial charge in [0.15, 0.2) is 0 Å². The highest BCUT2D eigenvalue weighted by Crippen LogP contribution is 2.06. The van der Waals surface area contributed by atoms with E-state index in [0.717, 1.165) is 30.8 Å². The second kappa shape index (κ2) is 6.91. The molecule has 6 heteroatoms. The van der Waals surface area contributed by atoms with Crippen LogP contribution >= 0.6 is 0 Å². The van der Waals surface area contributed by atoms with Gasteiger partial charge in [-0.3, -0.25) is 5.10 Å². The highest BCUT2D eigenvalue weighted by Gasteiger charge is 2.07. The zero-order valence-corrected chi connectivity index (χ0v) is 11.8. The minimum Gasteiger partial charge on any atom is -0.464 e. The molecule has 2 rings (SSSR count).